The predicted octanol–water partition coefficient (Wildman–Crippen LogP) is 2.61. The summed E-state index contributed by atoms with van der Waals surface area (Å²) in [4.78, 5) is 18.5. The minimum absolute atomic E-state index is 0.167. The van der Waals surface area contributed by atoms with E-state index in [1.54, 1.807) is 13.3 Å². The van der Waals surface area contributed by atoms with Gasteiger partial charge < -0.3 is 19.3 Å². The lowest BCUT2D eigenvalue weighted by Crippen LogP contribution is -2.42. The first-order valence-corrected chi connectivity index (χ1v) is 10.4. The topological polar surface area (TPSA) is 62.0 Å². The van der Waals surface area contributed by atoms with Crippen molar-refractivity contribution in [3.8, 4) is 0 Å². The third kappa shape index (κ3) is 4.05. The van der Waals surface area contributed by atoms with Crippen molar-refractivity contribution in [2.24, 2.45) is 15.0 Å². The summed E-state index contributed by atoms with van der Waals surface area (Å²) in [6.45, 7) is 4.20. The van der Waals surface area contributed by atoms with Gasteiger partial charge in [-0.15, -0.1) is 0 Å². The summed E-state index contributed by atoms with van der Waals surface area (Å²) in [6, 6.07) is 1.50. The molecule has 2 aliphatic carbocycles. The number of hydrogen-bond donors (Lipinski definition) is 0. The molecule has 2 heterocycles. The van der Waals surface area contributed by atoms with Crippen LogP contribution in [-0.4, -0.2) is 79.5 Å². The van der Waals surface area contributed by atoms with Crippen molar-refractivity contribution >= 4 is 18.1 Å². The van der Waals surface area contributed by atoms with Crippen molar-refractivity contribution in [3.05, 3.63) is 24.0 Å². The molecule has 0 radical (unpaired) electrons. The standard InChI is InChI=1S/C21H31N5O2/c1-4-26-18-14-16(28-21-22-12-10-20(24-21)27-3)8-9-17(18)23-19(26)11-13-25(2)15-6-5-7-15/h8-9,12,14-15,17-18,20H,4-7,10-11,13H2,1-3H3. The van der Waals surface area contributed by atoms with E-state index in [1.807, 2.05) is 6.08 Å². The van der Waals surface area contributed by atoms with E-state index >= 15 is 0 Å². The number of fused-ring (bicyclic) bond motifs is 1. The lowest BCUT2D eigenvalue weighted by atomic mass is 9.92. The van der Waals surface area contributed by atoms with Gasteiger partial charge in [0.2, 0.25) is 0 Å². The van der Waals surface area contributed by atoms with Crippen LogP contribution in [0.2, 0.25) is 0 Å². The summed E-state index contributed by atoms with van der Waals surface area (Å²) < 4.78 is 11.2. The van der Waals surface area contributed by atoms with Crippen molar-refractivity contribution < 1.29 is 9.47 Å². The Morgan fingerprint density at radius 1 is 1.29 bits per heavy atom. The van der Waals surface area contributed by atoms with Crippen molar-refractivity contribution in [1.82, 2.24) is 9.80 Å². The van der Waals surface area contributed by atoms with Gasteiger partial charge in [0.25, 0.3) is 0 Å². The zero-order valence-electron chi connectivity index (χ0n) is 17.1. The molecule has 28 heavy (non-hydrogen) atoms. The minimum Gasteiger partial charge on any atom is -0.425 e. The second-order valence-corrected chi connectivity index (χ2v) is 7.81. The van der Waals surface area contributed by atoms with Gasteiger partial charge in [0.1, 0.15) is 11.6 Å². The van der Waals surface area contributed by atoms with E-state index in [0.29, 0.717) is 12.4 Å². The third-order valence-corrected chi connectivity index (χ3v) is 6.10. The van der Waals surface area contributed by atoms with Gasteiger partial charge in [-0.2, -0.15) is 0 Å². The van der Waals surface area contributed by atoms with Crippen LogP contribution in [0, 0.1) is 0 Å². The fourth-order valence-corrected chi connectivity index (χ4v) is 4.13. The molecule has 0 aromatic carbocycles. The van der Waals surface area contributed by atoms with E-state index in [2.05, 4.69) is 45.9 Å². The van der Waals surface area contributed by atoms with E-state index in [9.17, 15) is 0 Å². The molecule has 0 aromatic rings. The van der Waals surface area contributed by atoms with Gasteiger partial charge in [0.05, 0.1) is 12.1 Å². The maximum atomic E-state index is 5.91. The van der Waals surface area contributed by atoms with Crippen LogP contribution in [-0.2, 0) is 9.47 Å². The smallest absolute Gasteiger partial charge is 0.319 e. The summed E-state index contributed by atoms with van der Waals surface area (Å²) in [5.74, 6) is 1.98. The second-order valence-electron chi connectivity index (χ2n) is 7.81. The Balaban J connectivity index is 1.39. The van der Waals surface area contributed by atoms with E-state index in [4.69, 9.17) is 14.5 Å². The third-order valence-electron chi connectivity index (χ3n) is 6.10. The number of aliphatic imine (C=N–C) groups is 3. The van der Waals surface area contributed by atoms with Crippen LogP contribution in [0.5, 0.6) is 0 Å². The SMILES string of the molecule is CCN1C(CCN(C)C2CCC2)=NC2C=CC(OC3=NC(OC)CC=N3)=CC21. The van der Waals surface area contributed by atoms with Crippen LogP contribution in [0.15, 0.2) is 39.0 Å². The highest BCUT2D eigenvalue weighted by atomic mass is 16.5. The Morgan fingerprint density at radius 2 is 2.14 bits per heavy atom. The molecule has 0 N–H and O–H groups in total. The first kappa shape index (κ1) is 19.3. The van der Waals surface area contributed by atoms with Gasteiger partial charge >= 0.3 is 6.02 Å². The number of nitrogens with zero attached hydrogens (tertiary/aromatic N) is 5. The molecule has 7 nitrogen and oxygen atoms in total. The average molecular weight is 386 g/mol. The zero-order chi connectivity index (χ0) is 19.5. The maximum Gasteiger partial charge on any atom is 0.319 e. The van der Waals surface area contributed by atoms with Gasteiger partial charge in [-0.1, -0.05) is 12.5 Å². The molecular formula is C21H31N5O2. The lowest BCUT2D eigenvalue weighted by Gasteiger charge is -2.35. The number of likely N-dealkylation sites (N-methyl/N-ethyl adjacent to an activating group) is 1. The van der Waals surface area contributed by atoms with Gasteiger partial charge in [-0.25, -0.2) is 9.98 Å². The monoisotopic (exact) mass is 385 g/mol. The van der Waals surface area contributed by atoms with Gasteiger partial charge in [-0.3, -0.25) is 4.99 Å². The van der Waals surface area contributed by atoms with Crippen LogP contribution in [0.25, 0.3) is 0 Å². The van der Waals surface area contributed by atoms with Crippen LogP contribution in [0.3, 0.4) is 0 Å². The molecule has 0 spiro atoms. The van der Waals surface area contributed by atoms with Gasteiger partial charge in [0, 0.05) is 45.3 Å². The minimum atomic E-state index is -0.213. The van der Waals surface area contributed by atoms with Crippen LogP contribution < -0.4 is 0 Å². The van der Waals surface area contributed by atoms with Crippen LogP contribution in [0.1, 0.15) is 39.0 Å². The second kappa shape index (κ2) is 8.57. The van der Waals surface area contributed by atoms with E-state index in [-0.39, 0.29) is 18.3 Å². The van der Waals surface area contributed by atoms with E-state index in [0.717, 1.165) is 31.3 Å². The molecule has 3 atom stereocenters. The number of hydrogen-bond acceptors (Lipinski definition) is 7. The first-order valence-electron chi connectivity index (χ1n) is 10.4. The number of ether oxygens (including phenoxy) is 2. The summed E-state index contributed by atoms with van der Waals surface area (Å²) in [5, 5.41) is 0. The largest absolute Gasteiger partial charge is 0.425 e. The summed E-state index contributed by atoms with van der Waals surface area (Å²) in [6.07, 6.45) is 13.6. The Labute approximate surface area is 167 Å². The molecule has 0 aromatic heterocycles. The van der Waals surface area contributed by atoms with Crippen molar-refractivity contribution in [3.63, 3.8) is 0 Å². The van der Waals surface area contributed by atoms with Gasteiger partial charge in [-0.05, 0) is 39.0 Å². The fourth-order valence-electron chi connectivity index (χ4n) is 4.13. The number of rotatable bonds is 7. The van der Waals surface area contributed by atoms with Crippen molar-refractivity contribution in [2.45, 2.75) is 63.4 Å². The van der Waals surface area contributed by atoms with Crippen molar-refractivity contribution in [2.75, 3.05) is 27.2 Å². The number of amidine groups is 2. The molecule has 1 fully saturated rings. The van der Waals surface area contributed by atoms with Crippen LogP contribution in [0.4, 0.5) is 0 Å². The Bertz CT molecular complexity index is 722. The zero-order valence-corrected chi connectivity index (χ0v) is 17.1. The number of allylic oxidation sites excluding steroid dienone is 1. The molecule has 7 heteroatoms. The molecule has 1 saturated carbocycles. The van der Waals surface area contributed by atoms with Gasteiger partial charge in [0.15, 0.2) is 6.23 Å². The Morgan fingerprint density at radius 3 is 2.86 bits per heavy atom. The summed E-state index contributed by atoms with van der Waals surface area (Å²) >= 11 is 0. The van der Waals surface area contributed by atoms with E-state index < -0.39 is 0 Å². The Kier molecular flexibility index (Phi) is 5.92. The Hall–Kier alpha value is -1.99. The van der Waals surface area contributed by atoms with Crippen LogP contribution >= 0.6 is 0 Å². The molecule has 152 valence electrons. The average Bonchev–Trinajstić information content (AvgIpc) is 3.02. The first-order chi connectivity index (χ1) is 13.7. The predicted molar refractivity (Wildman–Crippen MR) is 112 cm³/mol. The quantitative estimate of drug-likeness (QED) is 0.676. The maximum absolute atomic E-state index is 5.91. The summed E-state index contributed by atoms with van der Waals surface area (Å²) in [5.41, 5.74) is 0. The highest BCUT2D eigenvalue weighted by molar-refractivity contribution is 5.87. The molecule has 3 unspecified atom stereocenters. The highest BCUT2D eigenvalue weighted by Gasteiger charge is 2.35. The molecule has 0 amide bonds. The molecule has 0 bridgehead atoms. The molecule has 4 rings (SSSR count). The fraction of sp³-hybridized carbons (Fsp3) is 0.667. The normalized spacial score (nSPS) is 29.4. The number of methoxy groups -OCH3 is 1. The molecule has 2 aliphatic heterocycles. The van der Waals surface area contributed by atoms with Crippen molar-refractivity contribution in [1.29, 1.82) is 0 Å². The highest BCUT2D eigenvalue weighted by Crippen LogP contribution is 2.28. The van der Waals surface area contributed by atoms with E-state index in [1.165, 1.54) is 25.1 Å². The molecule has 0 saturated heterocycles. The molecule has 4 aliphatic rings. The molecular weight excluding hydrogens is 354 g/mol. The summed E-state index contributed by atoms with van der Waals surface area (Å²) in [7, 11) is 3.89. The lowest BCUT2D eigenvalue weighted by molar-refractivity contribution is 0.113.